The van der Waals surface area contributed by atoms with Gasteiger partial charge in [0, 0.05) is 21.7 Å². The van der Waals surface area contributed by atoms with Crippen molar-refractivity contribution in [1.29, 1.82) is 0 Å². The zero-order valence-corrected chi connectivity index (χ0v) is 18.8. The molecule has 0 aliphatic rings. The van der Waals surface area contributed by atoms with Crippen molar-refractivity contribution in [1.82, 2.24) is 14.5 Å². The number of rotatable bonds is 2. The van der Waals surface area contributed by atoms with Crippen molar-refractivity contribution in [2.24, 2.45) is 0 Å². The van der Waals surface area contributed by atoms with Gasteiger partial charge in [0.1, 0.15) is 16.8 Å². The number of aromatic nitrogens is 3. The minimum Gasteiger partial charge on any atom is -0.452 e. The van der Waals surface area contributed by atoms with E-state index in [4.69, 9.17) is 21.2 Å². The molecule has 0 fully saturated rings. The monoisotopic (exact) mass is 466 g/mol. The van der Waals surface area contributed by atoms with Crippen molar-refractivity contribution in [3.8, 4) is 17.2 Å². The standard InChI is InChI=1S/C32H19N3O/c1-2-10-20(11-3-1)29-31-30(24-15-7-9-17-28(24)36-31)34-32(33-29)35-26-16-8-6-14-23(26)25-18-21-12-4-5-13-22(21)19-27(25)35/h1-19H/i1D,2D,3D,10D,11D. The van der Waals surface area contributed by atoms with E-state index in [-0.39, 0.29) is 28.9 Å². The van der Waals surface area contributed by atoms with Gasteiger partial charge < -0.3 is 4.42 Å². The summed E-state index contributed by atoms with van der Waals surface area (Å²) in [5, 5.41) is 4.97. The van der Waals surface area contributed by atoms with Crippen LogP contribution >= 0.6 is 0 Å². The van der Waals surface area contributed by atoms with E-state index in [1.54, 1.807) is 0 Å². The molecule has 4 heteroatoms. The molecule has 0 atom stereocenters. The topological polar surface area (TPSA) is 43.9 Å². The van der Waals surface area contributed by atoms with E-state index in [1.807, 2.05) is 59.2 Å². The van der Waals surface area contributed by atoms with Gasteiger partial charge in [-0.3, -0.25) is 4.57 Å². The number of para-hydroxylation sites is 2. The molecule has 0 aliphatic heterocycles. The van der Waals surface area contributed by atoms with Crippen LogP contribution in [0.2, 0.25) is 0 Å². The van der Waals surface area contributed by atoms with E-state index in [2.05, 4.69) is 30.3 Å². The summed E-state index contributed by atoms with van der Waals surface area (Å²) in [6.07, 6.45) is 0. The molecule has 168 valence electrons. The first-order valence-electron chi connectivity index (χ1n) is 14.1. The Labute approximate surface area is 213 Å². The lowest BCUT2D eigenvalue weighted by Crippen LogP contribution is -2.02. The molecule has 36 heavy (non-hydrogen) atoms. The minimum absolute atomic E-state index is 0.0325. The van der Waals surface area contributed by atoms with Gasteiger partial charge in [0.2, 0.25) is 5.95 Å². The van der Waals surface area contributed by atoms with Gasteiger partial charge in [-0.2, -0.15) is 0 Å². The Morgan fingerprint density at radius 3 is 2.25 bits per heavy atom. The van der Waals surface area contributed by atoms with E-state index in [0.717, 1.165) is 38.0 Å². The van der Waals surface area contributed by atoms with Crippen LogP contribution in [0.4, 0.5) is 0 Å². The normalized spacial score (nSPS) is 13.8. The Bertz CT molecular complexity index is 2360. The van der Waals surface area contributed by atoms with Crippen molar-refractivity contribution in [3.05, 3.63) is 115 Å². The van der Waals surface area contributed by atoms with Crippen molar-refractivity contribution in [2.45, 2.75) is 0 Å². The molecule has 0 spiro atoms. The maximum absolute atomic E-state index is 8.70. The highest BCUT2D eigenvalue weighted by Crippen LogP contribution is 2.37. The summed E-state index contributed by atoms with van der Waals surface area (Å²) >= 11 is 0. The molecule has 3 aromatic heterocycles. The van der Waals surface area contributed by atoms with Crippen molar-refractivity contribution in [3.63, 3.8) is 0 Å². The molecule has 0 saturated carbocycles. The molecule has 4 nitrogen and oxygen atoms in total. The maximum Gasteiger partial charge on any atom is 0.236 e. The zero-order chi connectivity index (χ0) is 28.0. The molecule has 8 aromatic rings. The zero-order valence-electron chi connectivity index (χ0n) is 23.8. The fourth-order valence-electron chi connectivity index (χ4n) is 5.09. The van der Waals surface area contributed by atoms with Gasteiger partial charge in [0.05, 0.1) is 17.9 Å². The van der Waals surface area contributed by atoms with E-state index in [1.165, 1.54) is 0 Å². The molecule has 0 amide bonds. The Morgan fingerprint density at radius 2 is 1.39 bits per heavy atom. The van der Waals surface area contributed by atoms with Crippen LogP contribution in [0.5, 0.6) is 0 Å². The first kappa shape index (κ1) is 15.1. The van der Waals surface area contributed by atoms with Crippen LogP contribution in [-0.2, 0) is 0 Å². The second kappa shape index (κ2) is 7.27. The van der Waals surface area contributed by atoms with E-state index in [0.29, 0.717) is 17.0 Å². The number of hydrogen-bond donors (Lipinski definition) is 0. The van der Waals surface area contributed by atoms with E-state index >= 15 is 0 Å². The van der Waals surface area contributed by atoms with Crippen molar-refractivity contribution in [2.75, 3.05) is 0 Å². The highest BCUT2D eigenvalue weighted by Gasteiger charge is 2.20. The molecule has 5 aromatic carbocycles. The van der Waals surface area contributed by atoms with Gasteiger partial charge in [0.15, 0.2) is 5.58 Å². The summed E-state index contributed by atoms with van der Waals surface area (Å²) in [6, 6.07) is 25.8. The summed E-state index contributed by atoms with van der Waals surface area (Å²) < 4.78 is 50.3. The molecule has 0 radical (unpaired) electrons. The average Bonchev–Trinajstić information content (AvgIpc) is 3.53. The van der Waals surface area contributed by atoms with Gasteiger partial charge in [-0.05, 0) is 41.1 Å². The highest BCUT2D eigenvalue weighted by atomic mass is 16.3. The number of fused-ring (bicyclic) bond motifs is 7. The second-order valence-electron chi connectivity index (χ2n) is 8.72. The third-order valence-electron chi connectivity index (χ3n) is 6.68. The molecule has 0 aliphatic carbocycles. The SMILES string of the molecule is [2H]c1c([2H])c([2H])c(-c2nc(-n3c4ccccc4c4cc5ccccc5cc43)nc3c2oc2ccccc23)c([2H])c1[2H]. The van der Waals surface area contributed by atoms with E-state index < -0.39 is 18.1 Å². The molecular formula is C32H19N3O. The van der Waals surface area contributed by atoms with Gasteiger partial charge >= 0.3 is 0 Å². The summed E-state index contributed by atoms with van der Waals surface area (Å²) in [6.45, 7) is 0. The number of hydrogen-bond acceptors (Lipinski definition) is 3. The van der Waals surface area contributed by atoms with Crippen LogP contribution in [0.15, 0.2) is 120 Å². The fourth-order valence-corrected chi connectivity index (χ4v) is 5.09. The first-order valence-corrected chi connectivity index (χ1v) is 11.6. The Hall–Kier alpha value is -4.96. The van der Waals surface area contributed by atoms with Gasteiger partial charge in [-0.1, -0.05) is 84.8 Å². The lowest BCUT2D eigenvalue weighted by atomic mass is 10.1. The lowest BCUT2D eigenvalue weighted by molar-refractivity contribution is 0.666. The molecular weight excluding hydrogens is 442 g/mol. The smallest absolute Gasteiger partial charge is 0.236 e. The lowest BCUT2D eigenvalue weighted by Gasteiger charge is -2.09. The second-order valence-corrected chi connectivity index (χ2v) is 8.72. The van der Waals surface area contributed by atoms with Gasteiger partial charge in [-0.25, -0.2) is 9.97 Å². The fraction of sp³-hybridized carbons (Fsp3) is 0. The molecule has 0 saturated heterocycles. The van der Waals surface area contributed by atoms with Crippen molar-refractivity contribution < 1.29 is 11.3 Å². The summed E-state index contributed by atoms with van der Waals surface area (Å²) in [7, 11) is 0. The van der Waals surface area contributed by atoms with Gasteiger partial charge in [-0.15, -0.1) is 0 Å². The van der Waals surface area contributed by atoms with Gasteiger partial charge in [0.25, 0.3) is 0 Å². The molecule has 0 N–H and O–H groups in total. The predicted molar refractivity (Wildman–Crippen MR) is 147 cm³/mol. The quantitative estimate of drug-likeness (QED) is 0.257. The Balaban J connectivity index is 1.57. The number of benzene rings is 5. The van der Waals surface area contributed by atoms with Crippen LogP contribution in [0.3, 0.4) is 0 Å². The predicted octanol–water partition coefficient (Wildman–Crippen LogP) is 8.29. The summed E-state index contributed by atoms with van der Waals surface area (Å²) in [4.78, 5) is 9.91. The molecule has 0 bridgehead atoms. The van der Waals surface area contributed by atoms with Crippen LogP contribution < -0.4 is 0 Å². The number of furan rings is 1. The molecule has 0 unspecified atom stereocenters. The summed E-state index contributed by atoms with van der Waals surface area (Å²) in [5.41, 5.74) is 3.22. The minimum atomic E-state index is -0.465. The molecule has 8 rings (SSSR count). The van der Waals surface area contributed by atoms with Crippen LogP contribution in [0.1, 0.15) is 6.85 Å². The largest absolute Gasteiger partial charge is 0.452 e. The van der Waals surface area contributed by atoms with Crippen molar-refractivity contribution >= 4 is 54.6 Å². The maximum atomic E-state index is 8.70. The van der Waals surface area contributed by atoms with Crippen LogP contribution in [0, 0.1) is 0 Å². The average molecular weight is 467 g/mol. The highest BCUT2D eigenvalue weighted by molar-refractivity contribution is 6.14. The Kier molecular flexibility index (Phi) is 3.05. The number of nitrogens with zero attached hydrogens (tertiary/aromatic N) is 3. The molecule has 3 heterocycles. The third kappa shape index (κ3) is 2.70. The first-order chi connectivity index (χ1) is 19.9. The summed E-state index contributed by atoms with van der Waals surface area (Å²) in [5.74, 6) is 0.312. The van der Waals surface area contributed by atoms with Crippen LogP contribution in [-0.4, -0.2) is 14.5 Å². The van der Waals surface area contributed by atoms with E-state index in [9.17, 15) is 0 Å². The van der Waals surface area contributed by atoms with Crippen LogP contribution in [0.25, 0.3) is 71.9 Å². The Morgan fingerprint density at radius 1 is 0.667 bits per heavy atom. The third-order valence-corrected chi connectivity index (χ3v) is 6.68.